The van der Waals surface area contributed by atoms with Gasteiger partial charge in [0.05, 0.1) is 6.61 Å². The number of halogens is 2. The number of rotatable bonds is 10. The first-order valence-electron chi connectivity index (χ1n) is 12.9. The van der Waals surface area contributed by atoms with Crippen LogP contribution in [0.4, 0.5) is 5.69 Å². The standard InChI is InChI=1S/C32H28Br2N2O4/c33-25-13-7-22(8-14-25)21-32(31(38)35-27-5-2-1-3-6-27)29(23-9-15-26(34)16-10-23)40-30(36-32)24-11-17-28(18-12-24)39-20-4-19-37/h1-3,5-18,29,37H,4,19-21H2,(H,35,38)/t29-,32-/m1/s1. The number of hydrogen-bond acceptors (Lipinski definition) is 5. The van der Waals surface area contributed by atoms with E-state index in [1.807, 2.05) is 103 Å². The molecule has 0 spiro atoms. The smallest absolute Gasteiger partial charge is 0.257 e. The third kappa shape index (κ3) is 6.46. The van der Waals surface area contributed by atoms with Crippen molar-refractivity contribution in [3.05, 3.63) is 129 Å². The van der Waals surface area contributed by atoms with Crippen LogP contribution < -0.4 is 10.1 Å². The Bertz CT molecular complexity index is 1460. The molecular formula is C32H28Br2N2O4. The number of hydrogen-bond donors (Lipinski definition) is 2. The van der Waals surface area contributed by atoms with Crippen LogP contribution in [-0.4, -0.2) is 35.7 Å². The quantitative estimate of drug-likeness (QED) is 0.177. The molecule has 0 saturated heterocycles. The van der Waals surface area contributed by atoms with E-state index in [-0.39, 0.29) is 12.5 Å². The van der Waals surface area contributed by atoms with E-state index < -0.39 is 11.6 Å². The van der Waals surface area contributed by atoms with Crippen molar-refractivity contribution in [1.82, 2.24) is 0 Å². The van der Waals surface area contributed by atoms with Gasteiger partial charge in [0.25, 0.3) is 5.91 Å². The summed E-state index contributed by atoms with van der Waals surface area (Å²) in [4.78, 5) is 19.4. The molecule has 1 aliphatic rings. The molecule has 2 N–H and O–H groups in total. The van der Waals surface area contributed by atoms with E-state index in [4.69, 9.17) is 19.6 Å². The molecule has 1 heterocycles. The van der Waals surface area contributed by atoms with Crippen LogP contribution in [0.5, 0.6) is 5.75 Å². The van der Waals surface area contributed by atoms with Crippen molar-refractivity contribution in [3.8, 4) is 5.75 Å². The summed E-state index contributed by atoms with van der Waals surface area (Å²) in [5.74, 6) is 0.812. The van der Waals surface area contributed by atoms with Gasteiger partial charge >= 0.3 is 0 Å². The van der Waals surface area contributed by atoms with Crippen molar-refractivity contribution in [2.75, 3.05) is 18.5 Å². The second-order valence-corrected chi connectivity index (χ2v) is 11.3. The number of benzene rings is 4. The van der Waals surface area contributed by atoms with Crippen LogP contribution in [0.1, 0.15) is 29.2 Å². The van der Waals surface area contributed by atoms with Gasteiger partial charge in [0.1, 0.15) is 5.75 Å². The molecule has 0 unspecified atom stereocenters. The van der Waals surface area contributed by atoms with Gasteiger partial charge in [-0.3, -0.25) is 4.79 Å². The van der Waals surface area contributed by atoms with Crippen molar-refractivity contribution in [2.45, 2.75) is 24.5 Å². The number of aliphatic hydroxyl groups is 1. The zero-order valence-electron chi connectivity index (χ0n) is 21.6. The summed E-state index contributed by atoms with van der Waals surface area (Å²) in [6.07, 6.45) is 0.205. The Morgan fingerprint density at radius 2 is 1.55 bits per heavy atom. The number of nitrogens with zero attached hydrogens (tertiary/aromatic N) is 1. The Kier molecular flexibility index (Phi) is 8.99. The van der Waals surface area contributed by atoms with Crippen LogP contribution >= 0.6 is 31.9 Å². The first kappa shape index (κ1) is 28.1. The van der Waals surface area contributed by atoms with Crippen molar-refractivity contribution >= 4 is 49.4 Å². The largest absolute Gasteiger partial charge is 0.494 e. The fourth-order valence-corrected chi connectivity index (χ4v) is 5.12. The second-order valence-electron chi connectivity index (χ2n) is 9.46. The highest BCUT2D eigenvalue weighted by molar-refractivity contribution is 9.10. The van der Waals surface area contributed by atoms with E-state index in [1.54, 1.807) is 0 Å². The summed E-state index contributed by atoms with van der Waals surface area (Å²) >= 11 is 7.02. The van der Waals surface area contributed by atoms with Crippen molar-refractivity contribution in [2.24, 2.45) is 4.99 Å². The maximum absolute atomic E-state index is 14.3. The summed E-state index contributed by atoms with van der Waals surface area (Å²) in [5.41, 5.74) is 1.93. The van der Waals surface area contributed by atoms with Crippen molar-refractivity contribution in [3.63, 3.8) is 0 Å². The number of amides is 1. The van der Waals surface area contributed by atoms with Gasteiger partial charge in [-0.05, 0) is 71.8 Å². The number of nitrogens with one attached hydrogen (secondary N) is 1. The molecule has 2 atom stereocenters. The van der Waals surface area contributed by atoms with Crippen LogP contribution in [0.15, 0.2) is 117 Å². The summed E-state index contributed by atoms with van der Waals surface area (Å²) in [6, 6.07) is 32.5. The third-order valence-electron chi connectivity index (χ3n) is 6.62. The van der Waals surface area contributed by atoms with Gasteiger partial charge in [-0.2, -0.15) is 0 Å². The molecule has 40 heavy (non-hydrogen) atoms. The van der Waals surface area contributed by atoms with E-state index in [9.17, 15) is 4.79 Å². The van der Waals surface area contributed by atoms with Gasteiger partial charge in [0.2, 0.25) is 5.90 Å². The third-order valence-corrected chi connectivity index (χ3v) is 7.68. The first-order valence-corrected chi connectivity index (χ1v) is 14.5. The SMILES string of the molecule is O=C(Nc1ccccc1)[C@]1(Cc2ccc(Br)cc2)N=C(c2ccc(OCCCO)cc2)O[C@@H]1c1ccc(Br)cc1. The van der Waals surface area contributed by atoms with Crippen molar-refractivity contribution in [1.29, 1.82) is 0 Å². The Balaban J connectivity index is 1.58. The predicted octanol–water partition coefficient (Wildman–Crippen LogP) is 7.11. The zero-order chi connectivity index (χ0) is 28.0. The Morgan fingerprint density at radius 1 is 0.900 bits per heavy atom. The highest BCUT2D eigenvalue weighted by Gasteiger charge is 2.53. The molecule has 0 aromatic heterocycles. The summed E-state index contributed by atoms with van der Waals surface area (Å²) in [6.45, 7) is 0.501. The minimum absolute atomic E-state index is 0.0751. The van der Waals surface area contributed by atoms with Gasteiger partial charge in [0, 0.05) is 39.6 Å². The van der Waals surface area contributed by atoms with Crippen LogP contribution in [0, 0.1) is 0 Å². The van der Waals surface area contributed by atoms with Gasteiger partial charge in [-0.1, -0.05) is 74.3 Å². The number of aliphatic hydroxyl groups excluding tert-OH is 1. The van der Waals surface area contributed by atoms with Crippen LogP contribution in [0.3, 0.4) is 0 Å². The molecule has 6 nitrogen and oxygen atoms in total. The fraction of sp³-hybridized carbons (Fsp3) is 0.188. The molecule has 0 radical (unpaired) electrons. The van der Waals surface area contributed by atoms with Gasteiger partial charge in [-0.25, -0.2) is 4.99 Å². The van der Waals surface area contributed by atoms with Gasteiger partial charge < -0.3 is 19.9 Å². The van der Waals surface area contributed by atoms with Crippen LogP contribution in [0.2, 0.25) is 0 Å². The molecule has 0 saturated carbocycles. The highest BCUT2D eigenvalue weighted by Crippen LogP contribution is 2.43. The molecule has 1 amide bonds. The van der Waals surface area contributed by atoms with Crippen LogP contribution in [0.25, 0.3) is 0 Å². The maximum Gasteiger partial charge on any atom is 0.257 e. The number of carbonyl (C=O) groups is 1. The zero-order valence-corrected chi connectivity index (χ0v) is 24.8. The maximum atomic E-state index is 14.3. The number of ether oxygens (including phenoxy) is 2. The lowest BCUT2D eigenvalue weighted by Crippen LogP contribution is -2.46. The Labute approximate surface area is 250 Å². The first-order chi connectivity index (χ1) is 19.5. The van der Waals surface area contributed by atoms with E-state index in [0.717, 1.165) is 25.6 Å². The molecule has 204 valence electrons. The number of aliphatic imine (C=N–C) groups is 1. The minimum Gasteiger partial charge on any atom is -0.494 e. The molecule has 8 heteroatoms. The van der Waals surface area contributed by atoms with Crippen LogP contribution in [-0.2, 0) is 16.0 Å². The molecule has 4 aromatic carbocycles. The molecule has 0 aliphatic carbocycles. The minimum atomic E-state index is -1.29. The average Bonchev–Trinajstić information content (AvgIpc) is 3.36. The van der Waals surface area contributed by atoms with E-state index in [1.165, 1.54) is 0 Å². The lowest BCUT2D eigenvalue weighted by molar-refractivity contribution is -0.123. The lowest BCUT2D eigenvalue weighted by atomic mass is 9.82. The number of anilines is 1. The van der Waals surface area contributed by atoms with E-state index in [0.29, 0.717) is 36.8 Å². The molecule has 4 aromatic rings. The second kappa shape index (κ2) is 12.8. The molecular weight excluding hydrogens is 636 g/mol. The van der Waals surface area contributed by atoms with Gasteiger partial charge in [0.15, 0.2) is 11.6 Å². The molecule has 0 bridgehead atoms. The predicted molar refractivity (Wildman–Crippen MR) is 164 cm³/mol. The topological polar surface area (TPSA) is 80.2 Å². The molecule has 0 fully saturated rings. The number of para-hydroxylation sites is 1. The molecule has 5 rings (SSSR count). The molecule has 1 aliphatic heterocycles. The summed E-state index contributed by atoms with van der Waals surface area (Å²) in [7, 11) is 0. The lowest BCUT2D eigenvalue weighted by Gasteiger charge is -2.31. The number of carbonyl (C=O) groups excluding carboxylic acids is 1. The van der Waals surface area contributed by atoms with E-state index >= 15 is 0 Å². The highest BCUT2D eigenvalue weighted by atomic mass is 79.9. The van der Waals surface area contributed by atoms with Gasteiger partial charge in [-0.15, -0.1) is 0 Å². The fourth-order valence-electron chi connectivity index (χ4n) is 4.59. The van der Waals surface area contributed by atoms with E-state index in [2.05, 4.69) is 37.2 Å². The normalized spacial score (nSPS) is 18.1. The monoisotopic (exact) mass is 662 g/mol. The Hall–Kier alpha value is -3.46. The van der Waals surface area contributed by atoms with Crippen molar-refractivity contribution < 1.29 is 19.4 Å². The average molecular weight is 664 g/mol. The summed E-state index contributed by atoms with van der Waals surface area (Å²) in [5, 5.41) is 12.1. The summed E-state index contributed by atoms with van der Waals surface area (Å²) < 4.78 is 14.1. The Morgan fingerprint density at radius 3 is 2.20 bits per heavy atom.